The largest absolute Gasteiger partial charge is 0.465 e. The number of aryl methyl sites for hydroxylation is 1. The van der Waals surface area contributed by atoms with E-state index < -0.39 is 17.7 Å². The summed E-state index contributed by atoms with van der Waals surface area (Å²) >= 11 is 0. The second kappa shape index (κ2) is 14.6. The van der Waals surface area contributed by atoms with Gasteiger partial charge in [0.1, 0.15) is 18.0 Å². The summed E-state index contributed by atoms with van der Waals surface area (Å²) in [4.78, 5) is 37.9. The fourth-order valence-electron chi connectivity index (χ4n) is 3.43. The van der Waals surface area contributed by atoms with Crippen LogP contribution in [0.4, 0.5) is 21.0 Å². The molecule has 214 valence electrons. The van der Waals surface area contributed by atoms with Crippen molar-refractivity contribution in [1.82, 2.24) is 10.2 Å². The summed E-state index contributed by atoms with van der Waals surface area (Å²) in [7, 11) is 0. The van der Waals surface area contributed by atoms with Crippen molar-refractivity contribution in [2.24, 2.45) is 0 Å². The molecular formula is C30H39N5O5. The monoisotopic (exact) mass is 549 g/mol. The van der Waals surface area contributed by atoms with Crippen LogP contribution in [0.3, 0.4) is 0 Å². The molecule has 0 saturated carbocycles. The van der Waals surface area contributed by atoms with Gasteiger partial charge in [0.25, 0.3) is 0 Å². The van der Waals surface area contributed by atoms with E-state index in [0.29, 0.717) is 17.8 Å². The predicted octanol–water partition coefficient (Wildman–Crippen LogP) is 5.11. The lowest BCUT2D eigenvalue weighted by Gasteiger charge is -2.26. The van der Waals surface area contributed by atoms with E-state index in [0.717, 1.165) is 16.8 Å². The van der Waals surface area contributed by atoms with Crippen LogP contribution < -0.4 is 16.0 Å². The minimum absolute atomic E-state index is 0.0494. The van der Waals surface area contributed by atoms with Crippen LogP contribution in [-0.2, 0) is 14.3 Å². The van der Waals surface area contributed by atoms with Gasteiger partial charge in [-0.3, -0.25) is 15.5 Å². The number of benzene rings is 2. The normalized spacial score (nSPS) is 10.6. The van der Waals surface area contributed by atoms with Gasteiger partial charge < -0.3 is 25.0 Å². The van der Waals surface area contributed by atoms with E-state index in [1.807, 2.05) is 32.9 Å². The van der Waals surface area contributed by atoms with Gasteiger partial charge in [0, 0.05) is 28.5 Å². The molecule has 10 nitrogen and oxygen atoms in total. The Balaban J connectivity index is 1.92. The Hall–Kier alpha value is -4.52. The average molecular weight is 550 g/mol. The van der Waals surface area contributed by atoms with Crippen molar-refractivity contribution in [3.8, 4) is 11.8 Å². The molecule has 0 radical (unpaired) electrons. The van der Waals surface area contributed by atoms with Crippen molar-refractivity contribution in [2.45, 2.75) is 60.1 Å². The third kappa shape index (κ3) is 10.7. The van der Waals surface area contributed by atoms with Crippen molar-refractivity contribution in [3.63, 3.8) is 0 Å². The molecule has 4 N–H and O–H groups in total. The zero-order chi connectivity index (χ0) is 29.9. The summed E-state index contributed by atoms with van der Waals surface area (Å²) in [6, 6.07) is 11.9. The van der Waals surface area contributed by atoms with Crippen LogP contribution in [0.15, 0.2) is 42.5 Å². The molecule has 3 amide bonds. The highest BCUT2D eigenvalue weighted by Crippen LogP contribution is 2.16. The molecule has 0 saturated heterocycles. The third-order valence-electron chi connectivity index (χ3n) is 5.37. The van der Waals surface area contributed by atoms with Crippen molar-refractivity contribution >= 4 is 35.3 Å². The Morgan fingerprint density at radius 1 is 1.05 bits per heavy atom. The highest BCUT2D eigenvalue weighted by atomic mass is 16.6. The van der Waals surface area contributed by atoms with Crippen LogP contribution in [0.1, 0.15) is 58.2 Å². The summed E-state index contributed by atoms with van der Waals surface area (Å²) in [5.41, 5.74) is 3.04. The number of urea groups is 1. The summed E-state index contributed by atoms with van der Waals surface area (Å²) in [6.07, 6.45) is -0.674. The summed E-state index contributed by atoms with van der Waals surface area (Å²) in [5, 5.41) is 16.5. The molecule has 0 unspecified atom stereocenters. The summed E-state index contributed by atoms with van der Waals surface area (Å²) in [6.45, 7) is 13.1. The van der Waals surface area contributed by atoms with Crippen LogP contribution in [0.5, 0.6) is 0 Å². The van der Waals surface area contributed by atoms with Crippen molar-refractivity contribution in [3.05, 3.63) is 59.2 Å². The smallest absolute Gasteiger partial charge is 0.413 e. The van der Waals surface area contributed by atoms with Gasteiger partial charge in [0.05, 0.1) is 13.2 Å². The maximum Gasteiger partial charge on any atom is 0.413 e. The summed E-state index contributed by atoms with van der Waals surface area (Å²) in [5.74, 6) is 5.70. The Bertz CT molecular complexity index is 1270. The minimum atomic E-state index is -0.674. The third-order valence-corrected chi connectivity index (χ3v) is 5.37. The van der Waals surface area contributed by atoms with Crippen molar-refractivity contribution in [1.29, 1.82) is 5.41 Å². The van der Waals surface area contributed by atoms with E-state index in [1.54, 1.807) is 58.0 Å². The van der Waals surface area contributed by atoms with Crippen molar-refractivity contribution < 1.29 is 23.9 Å². The quantitative estimate of drug-likeness (QED) is 0.156. The number of nitrogens with zero attached hydrogens (tertiary/aromatic N) is 1. The number of hydrogen-bond donors (Lipinski definition) is 4. The molecule has 0 fully saturated rings. The Labute approximate surface area is 236 Å². The van der Waals surface area contributed by atoms with Gasteiger partial charge in [-0.25, -0.2) is 9.59 Å². The van der Waals surface area contributed by atoms with E-state index in [1.165, 1.54) is 4.90 Å². The van der Waals surface area contributed by atoms with Gasteiger partial charge in [0.15, 0.2) is 0 Å². The lowest BCUT2D eigenvalue weighted by atomic mass is 10.1. The number of ether oxygens (including phenoxy) is 2. The van der Waals surface area contributed by atoms with Gasteiger partial charge in [-0.1, -0.05) is 11.8 Å². The highest BCUT2D eigenvalue weighted by molar-refractivity contribution is 6.04. The number of hydrogen-bond acceptors (Lipinski definition) is 7. The molecule has 2 rings (SSSR count). The number of esters is 1. The first-order valence-corrected chi connectivity index (χ1v) is 13.0. The number of carbonyl (C=O) groups is 3. The molecule has 0 heterocycles. The predicted molar refractivity (Wildman–Crippen MR) is 157 cm³/mol. The first-order valence-electron chi connectivity index (χ1n) is 13.0. The van der Waals surface area contributed by atoms with Gasteiger partial charge in [-0.05, 0) is 96.5 Å². The lowest BCUT2D eigenvalue weighted by molar-refractivity contribution is -0.144. The fraction of sp³-hybridized carbons (Fsp3) is 0.400. The molecule has 2 aromatic carbocycles. The lowest BCUT2D eigenvalue weighted by Crippen LogP contribution is -2.43. The zero-order valence-electron chi connectivity index (χ0n) is 24.2. The first-order chi connectivity index (χ1) is 18.8. The number of nitrogens with one attached hydrogen (secondary N) is 4. The van der Waals surface area contributed by atoms with E-state index in [9.17, 15) is 14.4 Å². The van der Waals surface area contributed by atoms with Gasteiger partial charge in [-0.15, -0.1) is 0 Å². The summed E-state index contributed by atoms with van der Waals surface area (Å²) < 4.78 is 10.1. The molecule has 0 atom stereocenters. The molecule has 10 heteroatoms. The van der Waals surface area contributed by atoms with Gasteiger partial charge in [-0.2, -0.15) is 0 Å². The topological polar surface area (TPSA) is 133 Å². The average Bonchev–Trinajstić information content (AvgIpc) is 2.85. The van der Waals surface area contributed by atoms with Gasteiger partial charge in [0.2, 0.25) is 0 Å². The van der Waals surface area contributed by atoms with Crippen LogP contribution in [-0.4, -0.2) is 60.2 Å². The number of amidine groups is 1. The van der Waals surface area contributed by atoms with Crippen LogP contribution in [0, 0.1) is 24.2 Å². The van der Waals surface area contributed by atoms with E-state index in [2.05, 4.69) is 27.8 Å². The number of rotatable bonds is 8. The Morgan fingerprint density at radius 3 is 2.27 bits per heavy atom. The fourth-order valence-corrected chi connectivity index (χ4v) is 3.43. The van der Waals surface area contributed by atoms with E-state index >= 15 is 0 Å². The number of amides is 3. The molecule has 40 heavy (non-hydrogen) atoms. The number of carbonyl (C=O) groups excluding carboxylic acids is 3. The number of anilines is 2. The standard InChI is InChI=1S/C30H39N5O5/c1-8-39-26(36)19-35(20(2)3)28(37)33-25-16-11-22(21(4)18-25)10-9-17-32-24-14-12-23(13-15-24)27(31)34-29(38)40-30(5,6)7/h11-16,18,20,32H,8,17,19H2,1-7H3,(H,33,37)(H2,31,34,38). The van der Waals surface area contributed by atoms with E-state index in [-0.39, 0.29) is 31.1 Å². The van der Waals surface area contributed by atoms with Crippen LogP contribution >= 0.6 is 0 Å². The van der Waals surface area contributed by atoms with Crippen molar-refractivity contribution in [2.75, 3.05) is 30.3 Å². The SMILES string of the molecule is CCOC(=O)CN(C(=O)Nc1ccc(C#CCNc2ccc(C(=N)NC(=O)OC(C)(C)C)cc2)c(C)c1)C(C)C. The first kappa shape index (κ1) is 31.7. The highest BCUT2D eigenvalue weighted by Gasteiger charge is 2.21. The van der Waals surface area contributed by atoms with Crippen LogP contribution in [0.2, 0.25) is 0 Å². The maximum atomic E-state index is 12.7. The second-order valence-electron chi connectivity index (χ2n) is 10.2. The van der Waals surface area contributed by atoms with E-state index in [4.69, 9.17) is 14.9 Å². The maximum absolute atomic E-state index is 12.7. The molecular weight excluding hydrogens is 510 g/mol. The van der Waals surface area contributed by atoms with Gasteiger partial charge >= 0.3 is 18.1 Å². The molecule has 0 aliphatic carbocycles. The Morgan fingerprint density at radius 2 is 1.70 bits per heavy atom. The molecule has 0 aromatic heterocycles. The molecule has 0 aliphatic rings. The number of alkyl carbamates (subject to hydrolysis) is 1. The molecule has 2 aromatic rings. The Kier molecular flexibility index (Phi) is 11.6. The molecule has 0 aliphatic heterocycles. The molecule has 0 spiro atoms. The second-order valence-corrected chi connectivity index (χ2v) is 10.2. The van der Waals surface area contributed by atoms with Crippen LogP contribution in [0.25, 0.3) is 0 Å². The minimum Gasteiger partial charge on any atom is -0.465 e. The molecule has 0 bridgehead atoms. The zero-order valence-corrected chi connectivity index (χ0v) is 24.2.